The number of nitrogens with one attached hydrogen (secondary N) is 1. The molecule has 0 aliphatic rings. The summed E-state index contributed by atoms with van der Waals surface area (Å²) in [6.45, 7) is 2.96. The van der Waals surface area contributed by atoms with Crippen LogP contribution in [0.1, 0.15) is 29.5 Å². The van der Waals surface area contributed by atoms with E-state index in [0.29, 0.717) is 5.56 Å². The van der Waals surface area contributed by atoms with Gasteiger partial charge in [-0.1, -0.05) is 6.92 Å². The quantitative estimate of drug-likeness (QED) is 0.713. The Morgan fingerprint density at radius 1 is 1.42 bits per heavy atom. The van der Waals surface area contributed by atoms with Crippen molar-refractivity contribution in [2.24, 2.45) is 0 Å². The summed E-state index contributed by atoms with van der Waals surface area (Å²) in [5.41, 5.74) is 6.90. The third kappa shape index (κ3) is 3.03. The summed E-state index contributed by atoms with van der Waals surface area (Å²) < 4.78 is 0. The summed E-state index contributed by atoms with van der Waals surface area (Å²) in [6, 6.07) is 4.27. The van der Waals surface area contributed by atoms with E-state index in [1.54, 1.807) is 17.7 Å². The van der Waals surface area contributed by atoms with Gasteiger partial charge in [0.15, 0.2) is 5.82 Å². The Morgan fingerprint density at radius 2 is 2.25 bits per heavy atom. The Bertz CT molecular complexity index is 890. The third-order valence-electron chi connectivity index (χ3n) is 3.97. The Hall–Kier alpha value is -2.66. The van der Waals surface area contributed by atoms with Gasteiger partial charge in [0.1, 0.15) is 28.6 Å². The molecule has 3 aromatic heterocycles. The highest BCUT2D eigenvalue weighted by Gasteiger charge is 2.13. The molecular weight excluding hydrogens is 322 g/mol. The van der Waals surface area contributed by atoms with E-state index >= 15 is 0 Å². The number of fused-ring (bicyclic) bond motifs is 1. The van der Waals surface area contributed by atoms with Gasteiger partial charge >= 0.3 is 0 Å². The molecule has 0 aliphatic carbocycles. The van der Waals surface area contributed by atoms with Crippen LogP contribution < -0.4 is 10.6 Å². The van der Waals surface area contributed by atoms with Crippen molar-refractivity contribution in [2.75, 3.05) is 24.2 Å². The van der Waals surface area contributed by atoms with Crippen LogP contribution in [0.15, 0.2) is 12.4 Å². The van der Waals surface area contributed by atoms with Crippen molar-refractivity contribution in [2.45, 2.75) is 26.2 Å². The van der Waals surface area contributed by atoms with Gasteiger partial charge in [-0.3, -0.25) is 5.10 Å². The maximum Gasteiger partial charge on any atom is 0.163 e. The number of rotatable bonds is 6. The fraction of sp³-hybridized carbons (Fsp3) is 0.375. The molecule has 0 saturated heterocycles. The van der Waals surface area contributed by atoms with Crippen molar-refractivity contribution in [1.82, 2.24) is 20.2 Å². The Kier molecular flexibility index (Phi) is 4.62. The second-order valence-electron chi connectivity index (χ2n) is 5.58. The van der Waals surface area contributed by atoms with E-state index in [9.17, 15) is 0 Å². The first-order valence-corrected chi connectivity index (χ1v) is 8.63. The molecule has 0 amide bonds. The summed E-state index contributed by atoms with van der Waals surface area (Å²) >= 11 is 1.72. The molecule has 0 radical (unpaired) electrons. The minimum atomic E-state index is 0.267. The van der Waals surface area contributed by atoms with E-state index in [0.717, 1.165) is 47.5 Å². The van der Waals surface area contributed by atoms with Gasteiger partial charge in [-0.25, -0.2) is 9.97 Å². The van der Waals surface area contributed by atoms with Crippen molar-refractivity contribution in [1.29, 1.82) is 5.26 Å². The predicted molar refractivity (Wildman–Crippen MR) is 96.1 cm³/mol. The van der Waals surface area contributed by atoms with Crippen molar-refractivity contribution in [3.8, 4) is 6.07 Å². The standard InChI is InChI=1S/C16H19N7S/c1-3-10-7-11-15(19-9-20-16(11)24-10)23(2)6-4-5-13-12(8-17)14(18)22-21-13/h7,9H,3-6H2,1-2H3,(H3,18,21,22). The number of aromatic amines is 1. The average Bonchev–Trinajstić information content (AvgIpc) is 3.17. The minimum Gasteiger partial charge on any atom is -0.381 e. The molecule has 3 heterocycles. The summed E-state index contributed by atoms with van der Waals surface area (Å²) in [5, 5.41) is 16.9. The first kappa shape index (κ1) is 16.2. The van der Waals surface area contributed by atoms with Gasteiger partial charge in [0.2, 0.25) is 0 Å². The SMILES string of the molecule is CCc1cc2c(N(C)CCCc3[nH]nc(N)c3C#N)ncnc2s1. The van der Waals surface area contributed by atoms with Crippen LogP contribution in [0.3, 0.4) is 0 Å². The van der Waals surface area contributed by atoms with Gasteiger partial charge in [0.25, 0.3) is 0 Å². The Labute approximate surface area is 144 Å². The van der Waals surface area contributed by atoms with Crippen LogP contribution in [-0.2, 0) is 12.8 Å². The topological polar surface area (TPSA) is 108 Å². The molecule has 24 heavy (non-hydrogen) atoms. The number of nitrogens with two attached hydrogens (primary N) is 1. The second kappa shape index (κ2) is 6.84. The fourth-order valence-electron chi connectivity index (χ4n) is 2.67. The number of H-pyrrole nitrogens is 1. The maximum atomic E-state index is 9.10. The van der Waals surface area contributed by atoms with E-state index < -0.39 is 0 Å². The van der Waals surface area contributed by atoms with Gasteiger partial charge in [0, 0.05) is 18.5 Å². The number of aryl methyl sites for hydroxylation is 2. The number of hydrogen-bond donors (Lipinski definition) is 2. The molecule has 0 atom stereocenters. The lowest BCUT2D eigenvalue weighted by atomic mass is 10.1. The van der Waals surface area contributed by atoms with E-state index in [-0.39, 0.29) is 5.82 Å². The number of aromatic nitrogens is 4. The van der Waals surface area contributed by atoms with E-state index in [4.69, 9.17) is 11.0 Å². The number of nitriles is 1. The molecule has 0 aromatic carbocycles. The van der Waals surface area contributed by atoms with Crippen molar-refractivity contribution in [3.05, 3.63) is 28.5 Å². The molecule has 124 valence electrons. The summed E-state index contributed by atoms with van der Waals surface area (Å²) in [4.78, 5) is 13.3. The van der Waals surface area contributed by atoms with Crippen molar-refractivity contribution < 1.29 is 0 Å². The highest BCUT2D eigenvalue weighted by atomic mass is 32.1. The number of hydrogen-bond acceptors (Lipinski definition) is 7. The largest absolute Gasteiger partial charge is 0.381 e. The zero-order chi connectivity index (χ0) is 17.1. The lowest BCUT2D eigenvalue weighted by Crippen LogP contribution is -2.20. The number of nitrogen functional groups attached to an aromatic ring is 1. The number of anilines is 2. The molecule has 0 bridgehead atoms. The monoisotopic (exact) mass is 341 g/mol. The van der Waals surface area contributed by atoms with Gasteiger partial charge in [-0.05, 0) is 25.3 Å². The molecule has 3 rings (SSSR count). The molecule has 8 heteroatoms. The van der Waals surface area contributed by atoms with Crippen LogP contribution in [0.4, 0.5) is 11.6 Å². The second-order valence-corrected chi connectivity index (χ2v) is 6.70. The molecule has 3 aromatic rings. The molecule has 3 N–H and O–H groups in total. The highest BCUT2D eigenvalue weighted by molar-refractivity contribution is 7.18. The highest BCUT2D eigenvalue weighted by Crippen LogP contribution is 2.30. The molecule has 0 spiro atoms. The molecule has 0 fully saturated rings. The Balaban J connectivity index is 1.70. The van der Waals surface area contributed by atoms with E-state index in [2.05, 4.69) is 44.1 Å². The van der Waals surface area contributed by atoms with Crippen molar-refractivity contribution >= 4 is 33.2 Å². The maximum absolute atomic E-state index is 9.10. The average molecular weight is 341 g/mol. The fourth-order valence-corrected chi connectivity index (χ4v) is 3.60. The zero-order valence-corrected chi connectivity index (χ0v) is 14.5. The summed E-state index contributed by atoms with van der Waals surface area (Å²) in [5.74, 6) is 1.21. The molecular formula is C16H19N7S. The third-order valence-corrected chi connectivity index (χ3v) is 5.16. The first-order valence-electron chi connectivity index (χ1n) is 7.81. The minimum absolute atomic E-state index is 0.267. The van der Waals surface area contributed by atoms with E-state index in [1.807, 2.05) is 7.05 Å². The molecule has 7 nitrogen and oxygen atoms in total. The Morgan fingerprint density at radius 3 is 3.00 bits per heavy atom. The predicted octanol–water partition coefficient (Wildman–Crippen LogP) is 2.50. The van der Waals surface area contributed by atoms with Gasteiger partial charge < -0.3 is 10.6 Å². The number of thiophene rings is 1. The molecule has 0 aliphatic heterocycles. The lowest BCUT2D eigenvalue weighted by molar-refractivity contribution is 0.760. The number of nitrogens with zero attached hydrogens (tertiary/aromatic N) is 5. The van der Waals surface area contributed by atoms with Crippen LogP contribution in [0.2, 0.25) is 0 Å². The van der Waals surface area contributed by atoms with Crippen LogP contribution in [0.25, 0.3) is 10.2 Å². The van der Waals surface area contributed by atoms with Crippen LogP contribution in [-0.4, -0.2) is 33.8 Å². The molecule has 0 unspecified atom stereocenters. The van der Waals surface area contributed by atoms with Gasteiger partial charge in [0.05, 0.1) is 11.1 Å². The van der Waals surface area contributed by atoms with Crippen LogP contribution >= 0.6 is 11.3 Å². The lowest BCUT2D eigenvalue weighted by Gasteiger charge is -2.18. The summed E-state index contributed by atoms with van der Waals surface area (Å²) in [7, 11) is 2.03. The van der Waals surface area contributed by atoms with Gasteiger partial charge in [-0.2, -0.15) is 10.4 Å². The summed E-state index contributed by atoms with van der Waals surface area (Å²) in [6.07, 6.45) is 4.20. The molecule has 0 saturated carbocycles. The van der Waals surface area contributed by atoms with Crippen LogP contribution in [0, 0.1) is 11.3 Å². The zero-order valence-electron chi connectivity index (χ0n) is 13.7. The normalized spacial score (nSPS) is 10.9. The smallest absolute Gasteiger partial charge is 0.163 e. The van der Waals surface area contributed by atoms with E-state index in [1.165, 1.54) is 4.88 Å². The van der Waals surface area contributed by atoms with Crippen LogP contribution in [0.5, 0.6) is 0 Å². The van der Waals surface area contributed by atoms with Gasteiger partial charge in [-0.15, -0.1) is 11.3 Å². The van der Waals surface area contributed by atoms with Crippen molar-refractivity contribution in [3.63, 3.8) is 0 Å². The first-order chi connectivity index (χ1) is 11.6.